The summed E-state index contributed by atoms with van der Waals surface area (Å²) in [5.74, 6) is -5.19. The lowest BCUT2D eigenvalue weighted by atomic mass is 9.88. The molecule has 1 saturated heterocycles. The van der Waals surface area contributed by atoms with Gasteiger partial charge < -0.3 is 75.8 Å². The lowest BCUT2D eigenvalue weighted by molar-refractivity contribution is -0.310. The van der Waals surface area contributed by atoms with Crippen LogP contribution in [0.5, 0.6) is 0 Å². The number of unbranched alkanes of at least 4 members (excludes halogenated alkanes) is 3. The van der Waals surface area contributed by atoms with Crippen molar-refractivity contribution < 1.29 is 68.0 Å². The van der Waals surface area contributed by atoms with Crippen molar-refractivity contribution in [3.8, 4) is 0 Å². The molecule has 1 aromatic rings. The van der Waals surface area contributed by atoms with E-state index in [0.717, 1.165) is 6.92 Å². The van der Waals surface area contributed by atoms with E-state index in [1.165, 1.54) is 12.1 Å². The van der Waals surface area contributed by atoms with Crippen molar-refractivity contribution in [3.63, 3.8) is 0 Å². The average Bonchev–Trinajstić information content (AvgIpc) is 3.15. The third-order valence-corrected chi connectivity index (χ3v) is 8.40. The summed E-state index contributed by atoms with van der Waals surface area (Å²) in [5.41, 5.74) is 5.53. The number of carbonyl (C=O) groups excluding carboxylic acids is 3. The van der Waals surface area contributed by atoms with Gasteiger partial charge in [0.05, 0.1) is 77.7 Å². The Bertz CT molecular complexity index is 1290. The fourth-order valence-corrected chi connectivity index (χ4v) is 5.57. The molecule has 0 radical (unpaired) electrons. The van der Waals surface area contributed by atoms with Gasteiger partial charge in [-0.15, -0.1) is 0 Å². The molecule has 1 heterocycles. The number of carbonyl (C=O) groups is 4. The van der Waals surface area contributed by atoms with Crippen LogP contribution in [-0.4, -0.2) is 166 Å². The summed E-state index contributed by atoms with van der Waals surface area (Å²) < 4.78 is 32.8. The molecule has 6 atom stereocenters. The molecule has 0 saturated carbocycles. The van der Waals surface area contributed by atoms with Crippen molar-refractivity contribution in [2.24, 2.45) is 5.73 Å². The number of nitrogens with one attached hydrogen (secondary N) is 4. The molecule has 1 aliphatic heterocycles. The molecule has 1 fully saturated rings. The van der Waals surface area contributed by atoms with Gasteiger partial charge in [-0.3, -0.25) is 9.59 Å². The first kappa shape index (κ1) is 47.9. The third-order valence-electron chi connectivity index (χ3n) is 8.16. The molecule has 0 aromatic heterocycles. The number of carboxylic acids is 1. The molecule has 0 bridgehead atoms. The number of urea groups is 1. The number of amides is 4. The number of hydrogen-bond acceptors (Lipinski definition) is 14. The number of nitrogens with two attached hydrogens (primary N) is 1. The predicted molar refractivity (Wildman–Crippen MR) is 197 cm³/mol. The predicted octanol–water partition coefficient (Wildman–Crippen LogP) is -0.872. The van der Waals surface area contributed by atoms with Crippen molar-refractivity contribution in [2.45, 2.75) is 75.3 Å². The molecule has 20 heteroatoms. The molecule has 314 valence electrons. The molecule has 4 amide bonds. The first-order valence-corrected chi connectivity index (χ1v) is 18.7. The van der Waals surface area contributed by atoms with E-state index in [1.54, 1.807) is 12.1 Å². The van der Waals surface area contributed by atoms with Crippen molar-refractivity contribution in [3.05, 3.63) is 34.9 Å². The van der Waals surface area contributed by atoms with Crippen molar-refractivity contribution in [1.82, 2.24) is 21.3 Å². The number of halogens is 1. The molecule has 1 aromatic carbocycles. The van der Waals surface area contributed by atoms with Gasteiger partial charge in [-0.2, -0.15) is 0 Å². The van der Waals surface area contributed by atoms with Crippen LogP contribution in [0.3, 0.4) is 0 Å². The fourth-order valence-electron chi connectivity index (χ4n) is 5.38. The van der Waals surface area contributed by atoms with Gasteiger partial charge in [0.15, 0.2) is 0 Å². The van der Waals surface area contributed by atoms with Gasteiger partial charge >= 0.3 is 12.0 Å². The van der Waals surface area contributed by atoms with E-state index in [2.05, 4.69) is 21.3 Å². The second-order valence-corrected chi connectivity index (χ2v) is 13.0. The van der Waals surface area contributed by atoms with Gasteiger partial charge in [-0.25, -0.2) is 9.59 Å². The van der Waals surface area contributed by atoms with Crippen LogP contribution in [-0.2, 0) is 38.0 Å². The summed E-state index contributed by atoms with van der Waals surface area (Å²) >= 11 is 5.93. The maximum Gasteiger partial charge on any atom is 0.364 e. The van der Waals surface area contributed by atoms with Gasteiger partial charge in [-0.1, -0.05) is 30.5 Å². The highest BCUT2D eigenvalue weighted by Gasteiger charge is 2.55. The molecular formula is C35H58ClN5O14. The van der Waals surface area contributed by atoms with E-state index in [4.69, 9.17) is 45.8 Å². The first-order chi connectivity index (χ1) is 26.4. The minimum atomic E-state index is -2.41. The normalized spacial score (nSPS) is 20.7. The van der Waals surface area contributed by atoms with Gasteiger partial charge in [0.25, 0.3) is 11.7 Å². The molecular weight excluding hydrogens is 750 g/mol. The number of aliphatic hydroxyl groups excluding tert-OH is 3. The maximum atomic E-state index is 12.5. The van der Waals surface area contributed by atoms with Gasteiger partial charge in [0.2, 0.25) is 5.91 Å². The zero-order valence-corrected chi connectivity index (χ0v) is 32.0. The highest BCUT2D eigenvalue weighted by atomic mass is 35.5. The van der Waals surface area contributed by atoms with Gasteiger partial charge in [-0.05, 0) is 31.0 Å². The molecule has 10 N–H and O–H groups in total. The van der Waals surface area contributed by atoms with Crippen LogP contribution >= 0.6 is 11.6 Å². The van der Waals surface area contributed by atoms with Gasteiger partial charge in [0, 0.05) is 50.1 Å². The number of aliphatic hydroxyl groups is 3. The average molecular weight is 808 g/mol. The van der Waals surface area contributed by atoms with E-state index in [0.29, 0.717) is 103 Å². The number of benzene rings is 1. The fraction of sp³-hybridized carbons (Fsp3) is 0.714. The summed E-state index contributed by atoms with van der Waals surface area (Å²) in [4.78, 5) is 48.9. The molecule has 0 unspecified atom stereocenters. The minimum Gasteiger partial charge on any atom is -0.477 e. The Labute approximate surface area is 325 Å². The highest BCUT2D eigenvalue weighted by molar-refractivity contribution is 6.30. The summed E-state index contributed by atoms with van der Waals surface area (Å²) in [6.45, 7) is 5.25. The maximum absolute atomic E-state index is 12.5. The summed E-state index contributed by atoms with van der Waals surface area (Å²) in [6, 6.07) is 4.39. The van der Waals surface area contributed by atoms with Crippen LogP contribution in [0.15, 0.2) is 24.3 Å². The molecule has 1 aliphatic rings. The SMILES string of the molecule is CC(=O)N[C@H]1[C@H]([C@H](O)[C@H](O)CNC(=O)c2cccc(Cl)c2)O[C@@](OCCCCCCNC(=O)NCCOCCOCCOCCOCCN)(C(=O)O)C[C@@H]1O. The molecule has 2 rings (SSSR count). The lowest BCUT2D eigenvalue weighted by Crippen LogP contribution is -2.68. The number of hydrogen-bond donors (Lipinski definition) is 9. The standard InChI is InChI=1S/C35H58ClN5O14/c1-24(42)41-29-27(43)22-35(33(47)48,55-31(29)30(45)28(44)23-40-32(46)25-7-6-8-26(36)21-25)54-12-5-3-2-4-10-38-34(49)39-11-14-51-16-18-53-20-19-52-17-15-50-13-9-37/h6-8,21,27-31,43-45H,2-5,9-20,22-23,37H2,1H3,(H,40,46)(H,41,42)(H,47,48)(H2,38,39,49)/t27-,28+,29+,30+,31+,35+/m0/s1. The number of carboxylic acid groups (broad SMARTS) is 1. The molecule has 0 aliphatic carbocycles. The lowest BCUT2D eigenvalue weighted by Gasteiger charge is -2.46. The third kappa shape index (κ3) is 19.0. The highest BCUT2D eigenvalue weighted by Crippen LogP contribution is 2.34. The van der Waals surface area contributed by atoms with Crippen molar-refractivity contribution in [1.29, 1.82) is 0 Å². The van der Waals surface area contributed by atoms with Crippen LogP contribution in [0.1, 0.15) is 49.4 Å². The Balaban J connectivity index is 1.68. The van der Waals surface area contributed by atoms with Crippen LogP contribution in [0.4, 0.5) is 4.79 Å². The Hall–Kier alpha value is -3.21. The second-order valence-electron chi connectivity index (χ2n) is 12.6. The van der Waals surface area contributed by atoms with E-state index in [9.17, 15) is 39.6 Å². The van der Waals surface area contributed by atoms with Crippen LogP contribution in [0.2, 0.25) is 5.02 Å². The molecule has 55 heavy (non-hydrogen) atoms. The first-order valence-electron chi connectivity index (χ1n) is 18.3. The van der Waals surface area contributed by atoms with Crippen LogP contribution in [0.25, 0.3) is 0 Å². The molecule has 0 spiro atoms. The van der Waals surface area contributed by atoms with E-state index in [-0.39, 0.29) is 18.2 Å². The second kappa shape index (κ2) is 27.4. The van der Waals surface area contributed by atoms with Crippen LogP contribution in [0, 0.1) is 0 Å². The van der Waals surface area contributed by atoms with Crippen molar-refractivity contribution in [2.75, 3.05) is 85.6 Å². The number of ether oxygens (including phenoxy) is 6. The van der Waals surface area contributed by atoms with E-state index in [1.807, 2.05) is 0 Å². The zero-order chi connectivity index (χ0) is 40.5. The summed E-state index contributed by atoms with van der Waals surface area (Å²) in [7, 11) is 0. The summed E-state index contributed by atoms with van der Waals surface area (Å²) in [6.07, 6.45) is -5.02. The number of aliphatic carboxylic acids is 1. The van der Waals surface area contributed by atoms with Crippen molar-refractivity contribution >= 4 is 35.4 Å². The monoisotopic (exact) mass is 807 g/mol. The minimum absolute atomic E-state index is 0.0946. The van der Waals surface area contributed by atoms with E-state index >= 15 is 0 Å². The Morgan fingerprint density at radius 3 is 2.13 bits per heavy atom. The number of rotatable bonds is 29. The Kier molecular flexibility index (Phi) is 23.9. The van der Waals surface area contributed by atoms with Gasteiger partial charge in [0.1, 0.15) is 12.2 Å². The van der Waals surface area contributed by atoms with Crippen LogP contribution < -0.4 is 27.0 Å². The zero-order valence-electron chi connectivity index (χ0n) is 31.3. The Morgan fingerprint density at radius 1 is 0.891 bits per heavy atom. The topological polar surface area (TPSA) is 279 Å². The summed E-state index contributed by atoms with van der Waals surface area (Å²) in [5, 5.41) is 53.5. The molecule has 19 nitrogen and oxygen atoms in total. The quantitative estimate of drug-likeness (QED) is 0.0445. The largest absolute Gasteiger partial charge is 0.477 e. The smallest absolute Gasteiger partial charge is 0.364 e. The Morgan fingerprint density at radius 2 is 1.51 bits per heavy atom. The van der Waals surface area contributed by atoms with E-state index < -0.39 is 67.0 Å².